The van der Waals surface area contributed by atoms with Crippen LogP contribution in [0.1, 0.15) is 12.6 Å². The highest BCUT2D eigenvalue weighted by Crippen LogP contribution is 2.27. The Labute approximate surface area is 95.5 Å². The molecule has 1 aliphatic rings. The summed E-state index contributed by atoms with van der Waals surface area (Å²) in [5.41, 5.74) is -0.683. The van der Waals surface area contributed by atoms with Crippen molar-refractivity contribution in [3.05, 3.63) is 27.7 Å². The van der Waals surface area contributed by atoms with Gasteiger partial charge in [0.25, 0.3) is 0 Å². The van der Waals surface area contributed by atoms with E-state index in [1.54, 1.807) is 0 Å². The molecule has 0 bridgehead atoms. The molecule has 1 aromatic heterocycles. The summed E-state index contributed by atoms with van der Waals surface area (Å²) < 4.78 is 6.42. The molecule has 1 unspecified atom stereocenters. The third kappa shape index (κ3) is 2.23. The van der Waals surface area contributed by atoms with E-state index in [-0.39, 0.29) is 18.8 Å². The molecule has 8 heteroatoms. The van der Waals surface area contributed by atoms with Crippen molar-refractivity contribution in [3.63, 3.8) is 0 Å². The first kappa shape index (κ1) is 11.8. The highest BCUT2D eigenvalue weighted by Gasteiger charge is 2.34. The Kier molecular flexibility index (Phi) is 3.27. The fourth-order valence-electron chi connectivity index (χ4n) is 1.72. The predicted molar refractivity (Wildman–Crippen MR) is 55.6 cm³/mol. The second-order valence-corrected chi connectivity index (χ2v) is 3.68. The Balaban J connectivity index is 2.24. The van der Waals surface area contributed by atoms with E-state index in [1.807, 2.05) is 0 Å². The highest BCUT2D eigenvalue weighted by molar-refractivity contribution is 5.22. The van der Waals surface area contributed by atoms with Gasteiger partial charge in [0.15, 0.2) is 0 Å². The van der Waals surface area contributed by atoms with Gasteiger partial charge < -0.3 is 14.9 Å². The van der Waals surface area contributed by atoms with Crippen LogP contribution in [0.4, 0.5) is 5.82 Å². The second kappa shape index (κ2) is 4.70. The molecule has 2 N–H and O–H groups in total. The molecular weight excluding hydrogens is 230 g/mol. The Bertz CT molecular complexity index is 474. The zero-order chi connectivity index (χ0) is 12.4. The largest absolute Gasteiger partial charge is 0.394 e. The molecule has 8 nitrogen and oxygen atoms in total. The molecule has 0 radical (unpaired) electrons. The lowest BCUT2D eigenvalue weighted by molar-refractivity contribution is -0.0458. The van der Waals surface area contributed by atoms with Crippen molar-refractivity contribution in [2.24, 2.45) is 5.18 Å². The Hall–Kier alpha value is -1.64. The Morgan fingerprint density at radius 2 is 2.41 bits per heavy atom. The van der Waals surface area contributed by atoms with Gasteiger partial charge in [0.05, 0.1) is 12.7 Å². The van der Waals surface area contributed by atoms with E-state index in [2.05, 4.69) is 10.2 Å². The molecule has 0 spiro atoms. The van der Waals surface area contributed by atoms with Gasteiger partial charge in [-0.05, 0) is 5.18 Å². The molecule has 1 aromatic rings. The van der Waals surface area contributed by atoms with Gasteiger partial charge in [0.1, 0.15) is 12.3 Å². The molecule has 0 saturated carbocycles. The number of hydrogen-bond acceptors (Lipinski definition) is 7. The zero-order valence-electron chi connectivity index (χ0n) is 8.76. The average molecular weight is 241 g/mol. The van der Waals surface area contributed by atoms with Crippen molar-refractivity contribution in [1.82, 2.24) is 9.55 Å². The van der Waals surface area contributed by atoms with Crippen LogP contribution in [0.25, 0.3) is 0 Å². The van der Waals surface area contributed by atoms with Crippen molar-refractivity contribution >= 4 is 5.82 Å². The lowest BCUT2D eigenvalue weighted by atomic mass is 10.2. The van der Waals surface area contributed by atoms with E-state index in [0.29, 0.717) is 0 Å². The van der Waals surface area contributed by atoms with E-state index in [0.717, 1.165) is 4.57 Å². The zero-order valence-corrected chi connectivity index (χ0v) is 8.76. The summed E-state index contributed by atoms with van der Waals surface area (Å²) in [7, 11) is 0. The molecule has 0 aromatic carbocycles. The summed E-state index contributed by atoms with van der Waals surface area (Å²) in [6, 6.07) is 1.27. The van der Waals surface area contributed by atoms with Crippen LogP contribution in [0.2, 0.25) is 0 Å². The Morgan fingerprint density at radius 1 is 1.65 bits per heavy atom. The fourth-order valence-corrected chi connectivity index (χ4v) is 1.72. The molecule has 3 atom stereocenters. The smallest absolute Gasteiger partial charge is 0.351 e. The molecule has 2 heterocycles. The highest BCUT2D eigenvalue weighted by atomic mass is 16.5. The molecule has 1 fully saturated rings. The van der Waals surface area contributed by atoms with Gasteiger partial charge in [-0.1, -0.05) is 0 Å². The molecular formula is C9H11N3O5. The molecule has 2 rings (SSSR count). The lowest BCUT2D eigenvalue weighted by Crippen LogP contribution is -2.27. The monoisotopic (exact) mass is 241 g/mol. The molecule has 17 heavy (non-hydrogen) atoms. The van der Waals surface area contributed by atoms with Crippen molar-refractivity contribution in [2.75, 3.05) is 6.61 Å². The predicted octanol–water partition coefficient (Wildman–Crippen LogP) is -0.718. The maximum atomic E-state index is 11.5. The van der Waals surface area contributed by atoms with E-state index in [1.165, 1.54) is 12.3 Å². The number of aliphatic hydroxyl groups is 2. The van der Waals surface area contributed by atoms with E-state index in [9.17, 15) is 14.8 Å². The summed E-state index contributed by atoms with van der Waals surface area (Å²) in [5.74, 6) is -0.205. The molecule has 0 amide bonds. The Morgan fingerprint density at radius 3 is 2.94 bits per heavy atom. The summed E-state index contributed by atoms with van der Waals surface area (Å²) in [6.45, 7) is -0.326. The molecule has 1 saturated heterocycles. The van der Waals surface area contributed by atoms with Crippen LogP contribution in [-0.2, 0) is 4.74 Å². The molecule has 92 valence electrons. The van der Waals surface area contributed by atoms with Gasteiger partial charge in [-0.25, -0.2) is 4.79 Å². The number of hydrogen-bond donors (Lipinski definition) is 2. The summed E-state index contributed by atoms with van der Waals surface area (Å²) >= 11 is 0. The van der Waals surface area contributed by atoms with Gasteiger partial charge in [-0.15, -0.1) is 4.91 Å². The van der Waals surface area contributed by atoms with Crippen LogP contribution in [-0.4, -0.2) is 38.6 Å². The van der Waals surface area contributed by atoms with Gasteiger partial charge in [-0.3, -0.25) is 4.57 Å². The SMILES string of the molecule is O=Nc1ccn([C@H]2CC(O)[C@@H](CO)O2)c(=O)n1. The third-order valence-electron chi connectivity index (χ3n) is 2.60. The lowest BCUT2D eigenvalue weighted by Gasteiger charge is -2.13. The first-order valence-corrected chi connectivity index (χ1v) is 5.02. The fraction of sp³-hybridized carbons (Fsp3) is 0.556. The van der Waals surface area contributed by atoms with E-state index >= 15 is 0 Å². The number of rotatable bonds is 3. The minimum atomic E-state index is -0.833. The topological polar surface area (TPSA) is 114 Å². The average Bonchev–Trinajstić information content (AvgIpc) is 2.70. The van der Waals surface area contributed by atoms with Crippen LogP contribution in [0.5, 0.6) is 0 Å². The van der Waals surface area contributed by atoms with E-state index in [4.69, 9.17) is 9.84 Å². The first-order valence-electron chi connectivity index (χ1n) is 5.02. The summed E-state index contributed by atoms with van der Waals surface area (Å²) in [6.07, 6.45) is -0.733. The van der Waals surface area contributed by atoms with Gasteiger partial charge in [0, 0.05) is 18.7 Å². The normalized spacial score (nSPS) is 28.2. The maximum absolute atomic E-state index is 11.5. The first-order chi connectivity index (χ1) is 8.15. The second-order valence-electron chi connectivity index (χ2n) is 3.68. The quantitative estimate of drug-likeness (QED) is 0.675. The van der Waals surface area contributed by atoms with Crippen LogP contribution in [0, 0.1) is 4.91 Å². The number of aliphatic hydroxyl groups excluding tert-OH is 2. The van der Waals surface area contributed by atoms with Crippen LogP contribution in [0.15, 0.2) is 22.2 Å². The van der Waals surface area contributed by atoms with Gasteiger partial charge in [0.2, 0.25) is 5.82 Å². The number of nitroso groups, excluding NO2 is 1. The number of aromatic nitrogens is 2. The third-order valence-corrected chi connectivity index (χ3v) is 2.60. The number of ether oxygens (including phenoxy) is 1. The summed E-state index contributed by atoms with van der Waals surface area (Å²) in [5, 5.41) is 21.0. The van der Waals surface area contributed by atoms with Crippen LogP contribution < -0.4 is 5.69 Å². The van der Waals surface area contributed by atoms with Gasteiger partial charge in [-0.2, -0.15) is 4.98 Å². The van der Waals surface area contributed by atoms with Crippen LogP contribution in [0.3, 0.4) is 0 Å². The van der Waals surface area contributed by atoms with Crippen molar-refractivity contribution in [1.29, 1.82) is 0 Å². The minimum absolute atomic E-state index is 0.181. The standard InChI is InChI=1S/C9H11N3O5/c13-4-6-5(14)3-8(17-6)12-2-1-7(11-16)10-9(12)15/h1-2,5-6,8,13-14H,3-4H2/t5?,6-,8-/m1/s1. The molecule has 0 aliphatic carbocycles. The van der Waals surface area contributed by atoms with Crippen molar-refractivity contribution < 1.29 is 14.9 Å². The maximum Gasteiger partial charge on any atom is 0.351 e. The van der Waals surface area contributed by atoms with E-state index < -0.39 is 24.1 Å². The number of nitrogens with zero attached hydrogens (tertiary/aromatic N) is 3. The van der Waals surface area contributed by atoms with Crippen LogP contribution >= 0.6 is 0 Å². The van der Waals surface area contributed by atoms with Crippen molar-refractivity contribution in [3.8, 4) is 0 Å². The summed E-state index contributed by atoms with van der Waals surface area (Å²) in [4.78, 5) is 25.1. The van der Waals surface area contributed by atoms with Crippen molar-refractivity contribution in [2.45, 2.75) is 24.9 Å². The minimum Gasteiger partial charge on any atom is -0.394 e. The van der Waals surface area contributed by atoms with Gasteiger partial charge >= 0.3 is 5.69 Å². The molecule has 1 aliphatic heterocycles.